The first-order valence-corrected chi connectivity index (χ1v) is 7.21. The maximum absolute atomic E-state index is 11.2. The van der Waals surface area contributed by atoms with Crippen molar-refractivity contribution in [2.24, 2.45) is 0 Å². The highest BCUT2D eigenvalue weighted by Crippen LogP contribution is 2.31. The smallest absolute Gasteiger partial charge is 0.353 e. The second kappa shape index (κ2) is 7.92. The van der Waals surface area contributed by atoms with Crippen LogP contribution >= 0.6 is 0 Å². The van der Waals surface area contributed by atoms with E-state index in [0.29, 0.717) is 18.0 Å². The quantitative estimate of drug-likeness (QED) is 0.416. The zero-order valence-electron chi connectivity index (χ0n) is 13.0. The number of nitrogens with zero attached hydrogens (tertiary/aromatic N) is 3. The van der Waals surface area contributed by atoms with Crippen molar-refractivity contribution < 1.29 is 14.8 Å². The molecule has 0 radical (unpaired) electrons. The van der Waals surface area contributed by atoms with Crippen LogP contribution in [0.3, 0.4) is 0 Å². The molecule has 0 atom stereocenters. The number of aliphatic hydroxyl groups is 1. The lowest BCUT2D eigenvalue weighted by molar-refractivity contribution is -0.383. The van der Waals surface area contributed by atoms with Gasteiger partial charge in [-0.05, 0) is 31.2 Å². The molecule has 2 rings (SSSR count). The molecule has 0 aliphatic heterocycles. The van der Waals surface area contributed by atoms with E-state index < -0.39 is 10.6 Å². The van der Waals surface area contributed by atoms with Crippen molar-refractivity contribution in [1.82, 2.24) is 9.97 Å². The van der Waals surface area contributed by atoms with Gasteiger partial charge < -0.3 is 26.2 Å². The third kappa shape index (κ3) is 4.20. The second-order valence-corrected chi connectivity index (χ2v) is 4.62. The molecular weight excluding hydrogens is 316 g/mol. The van der Waals surface area contributed by atoms with E-state index in [1.165, 1.54) is 0 Å². The summed E-state index contributed by atoms with van der Waals surface area (Å²) in [6, 6.07) is 6.86. The number of ether oxygens (including phenoxy) is 1. The minimum absolute atomic E-state index is 0.0444. The SMILES string of the molecule is CCOc1ccc(Nc2nc(NCCO)nc(N)c2[N+](=O)[O-])cc1. The number of aromatic nitrogens is 2. The van der Waals surface area contributed by atoms with E-state index >= 15 is 0 Å². The molecule has 0 fully saturated rings. The van der Waals surface area contributed by atoms with Crippen molar-refractivity contribution >= 4 is 29.0 Å². The third-order valence-electron chi connectivity index (χ3n) is 2.92. The number of anilines is 4. The minimum atomic E-state index is -0.651. The molecule has 10 nitrogen and oxygen atoms in total. The highest BCUT2D eigenvalue weighted by atomic mass is 16.6. The first kappa shape index (κ1) is 17.2. The van der Waals surface area contributed by atoms with E-state index in [-0.39, 0.29) is 30.7 Å². The van der Waals surface area contributed by atoms with Crippen LogP contribution in [-0.4, -0.2) is 39.8 Å². The van der Waals surface area contributed by atoms with Crippen LogP contribution in [0, 0.1) is 10.1 Å². The van der Waals surface area contributed by atoms with Gasteiger partial charge in [0.1, 0.15) is 5.75 Å². The molecule has 0 bridgehead atoms. The Kier molecular flexibility index (Phi) is 5.68. The summed E-state index contributed by atoms with van der Waals surface area (Å²) in [5.74, 6) is 0.451. The van der Waals surface area contributed by atoms with Gasteiger partial charge in [-0.15, -0.1) is 0 Å². The number of benzene rings is 1. The lowest BCUT2D eigenvalue weighted by Crippen LogP contribution is -2.12. The number of nitrogens with one attached hydrogen (secondary N) is 2. The van der Waals surface area contributed by atoms with E-state index in [2.05, 4.69) is 20.6 Å². The van der Waals surface area contributed by atoms with Gasteiger partial charge in [0.25, 0.3) is 0 Å². The van der Waals surface area contributed by atoms with Gasteiger partial charge in [-0.2, -0.15) is 9.97 Å². The van der Waals surface area contributed by atoms with Gasteiger partial charge in [-0.25, -0.2) is 0 Å². The molecule has 0 saturated carbocycles. The number of hydrogen-bond acceptors (Lipinski definition) is 9. The average Bonchev–Trinajstić information content (AvgIpc) is 2.54. The van der Waals surface area contributed by atoms with Gasteiger partial charge in [0.15, 0.2) is 0 Å². The van der Waals surface area contributed by atoms with E-state index in [0.717, 1.165) is 0 Å². The Hall–Kier alpha value is -3.14. The summed E-state index contributed by atoms with van der Waals surface area (Å²) in [6.07, 6.45) is 0. The molecule has 1 heterocycles. The topological polar surface area (TPSA) is 148 Å². The maximum atomic E-state index is 11.2. The van der Waals surface area contributed by atoms with Crippen LogP contribution in [-0.2, 0) is 0 Å². The zero-order chi connectivity index (χ0) is 17.5. The van der Waals surface area contributed by atoms with Crippen molar-refractivity contribution in [2.45, 2.75) is 6.92 Å². The molecule has 0 unspecified atom stereocenters. The minimum Gasteiger partial charge on any atom is -0.494 e. The molecule has 1 aromatic carbocycles. The first-order chi connectivity index (χ1) is 11.5. The fourth-order valence-corrected chi connectivity index (χ4v) is 1.92. The molecule has 0 aliphatic rings. The molecule has 1 aromatic heterocycles. The Morgan fingerprint density at radius 2 is 2.04 bits per heavy atom. The van der Waals surface area contributed by atoms with Crippen molar-refractivity contribution in [3.63, 3.8) is 0 Å². The molecule has 10 heteroatoms. The summed E-state index contributed by atoms with van der Waals surface area (Å²) in [4.78, 5) is 18.4. The fraction of sp³-hybridized carbons (Fsp3) is 0.286. The average molecular weight is 334 g/mol. The lowest BCUT2D eigenvalue weighted by atomic mass is 10.3. The van der Waals surface area contributed by atoms with E-state index in [1.807, 2.05) is 6.92 Å². The lowest BCUT2D eigenvalue weighted by Gasteiger charge is -2.11. The van der Waals surface area contributed by atoms with Crippen LogP contribution in [0.25, 0.3) is 0 Å². The summed E-state index contributed by atoms with van der Waals surface area (Å²) in [5.41, 5.74) is 5.82. The van der Waals surface area contributed by atoms with Crippen LogP contribution in [0.4, 0.5) is 29.0 Å². The van der Waals surface area contributed by atoms with Crippen molar-refractivity contribution in [3.8, 4) is 5.75 Å². The standard InChI is InChI=1S/C14H18N6O4/c1-2-24-10-5-3-9(4-6-10)17-13-11(20(22)23)12(15)18-14(19-13)16-7-8-21/h3-6,21H,2,7-8H2,1H3,(H4,15,16,17,18,19). The Morgan fingerprint density at radius 1 is 1.33 bits per heavy atom. The van der Waals surface area contributed by atoms with Crippen LogP contribution in [0.15, 0.2) is 24.3 Å². The Labute approximate surface area is 137 Å². The molecule has 0 amide bonds. The Bertz CT molecular complexity index is 707. The molecule has 24 heavy (non-hydrogen) atoms. The summed E-state index contributed by atoms with van der Waals surface area (Å²) in [5, 5.41) is 25.6. The predicted molar refractivity (Wildman–Crippen MR) is 89.6 cm³/mol. The molecule has 2 aromatic rings. The zero-order valence-corrected chi connectivity index (χ0v) is 13.0. The number of nitro groups is 1. The summed E-state index contributed by atoms with van der Waals surface area (Å²) < 4.78 is 5.34. The van der Waals surface area contributed by atoms with E-state index in [4.69, 9.17) is 15.6 Å². The molecular formula is C14H18N6O4. The predicted octanol–water partition coefficient (Wildman–Crippen LogP) is 1.51. The van der Waals surface area contributed by atoms with Gasteiger partial charge in [-0.1, -0.05) is 0 Å². The normalized spacial score (nSPS) is 10.2. The monoisotopic (exact) mass is 334 g/mol. The summed E-state index contributed by atoms with van der Waals surface area (Å²) >= 11 is 0. The van der Waals surface area contributed by atoms with Crippen molar-refractivity contribution in [3.05, 3.63) is 34.4 Å². The fourth-order valence-electron chi connectivity index (χ4n) is 1.92. The van der Waals surface area contributed by atoms with Crippen molar-refractivity contribution in [1.29, 1.82) is 0 Å². The molecule has 5 N–H and O–H groups in total. The van der Waals surface area contributed by atoms with Gasteiger partial charge in [-0.3, -0.25) is 10.1 Å². The highest BCUT2D eigenvalue weighted by molar-refractivity contribution is 5.74. The second-order valence-electron chi connectivity index (χ2n) is 4.62. The van der Waals surface area contributed by atoms with Crippen LogP contribution in [0.5, 0.6) is 5.75 Å². The molecule has 0 spiro atoms. The van der Waals surface area contributed by atoms with Gasteiger partial charge in [0.05, 0.1) is 18.1 Å². The van der Waals surface area contributed by atoms with E-state index in [1.54, 1.807) is 24.3 Å². The van der Waals surface area contributed by atoms with Crippen LogP contribution in [0.2, 0.25) is 0 Å². The largest absolute Gasteiger partial charge is 0.494 e. The van der Waals surface area contributed by atoms with Crippen LogP contribution in [0.1, 0.15) is 6.92 Å². The number of hydrogen-bond donors (Lipinski definition) is 4. The van der Waals surface area contributed by atoms with Crippen LogP contribution < -0.4 is 21.1 Å². The molecule has 128 valence electrons. The molecule has 0 aliphatic carbocycles. The number of rotatable bonds is 8. The highest BCUT2D eigenvalue weighted by Gasteiger charge is 2.23. The number of nitrogen functional groups attached to an aromatic ring is 1. The van der Waals surface area contributed by atoms with Gasteiger partial charge >= 0.3 is 5.69 Å². The number of nitrogens with two attached hydrogens (primary N) is 1. The maximum Gasteiger partial charge on any atom is 0.353 e. The van der Waals surface area contributed by atoms with Crippen molar-refractivity contribution in [2.75, 3.05) is 36.1 Å². The first-order valence-electron chi connectivity index (χ1n) is 7.21. The Morgan fingerprint density at radius 3 is 2.62 bits per heavy atom. The Balaban J connectivity index is 2.31. The molecule has 0 saturated heterocycles. The van der Waals surface area contributed by atoms with Gasteiger partial charge in [0.2, 0.25) is 17.6 Å². The summed E-state index contributed by atoms with van der Waals surface area (Å²) in [6.45, 7) is 2.47. The summed E-state index contributed by atoms with van der Waals surface area (Å²) in [7, 11) is 0. The van der Waals surface area contributed by atoms with Gasteiger partial charge in [0, 0.05) is 12.2 Å². The number of aliphatic hydroxyl groups excluding tert-OH is 1. The third-order valence-corrected chi connectivity index (χ3v) is 2.92. The van der Waals surface area contributed by atoms with E-state index in [9.17, 15) is 10.1 Å².